The molecule has 0 saturated carbocycles. The van der Waals surface area contributed by atoms with Crippen molar-refractivity contribution >= 4 is 0 Å². The molecule has 0 aromatic carbocycles. The normalized spacial score (nSPS) is 15.8. The minimum Gasteiger partial charge on any atom is -0.0654 e. The lowest BCUT2D eigenvalue weighted by molar-refractivity contribution is 0.270. The van der Waals surface area contributed by atoms with Gasteiger partial charge in [0.25, 0.3) is 0 Å². The molecule has 0 heterocycles. The first-order chi connectivity index (χ1) is 7.49. The van der Waals surface area contributed by atoms with Crippen LogP contribution in [-0.2, 0) is 0 Å². The van der Waals surface area contributed by atoms with E-state index in [1.54, 1.807) is 0 Å². The molecule has 0 aliphatic heterocycles. The van der Waals surface area contributed by atoms with Gasteiger partial charge in [-0.05, 0) is 42.9 Å². The lowest BCUT2D eigenvalue weighted by atomic mass is 9.81. The molecule has 0 radical (unpaired) electrons. The number of hydrogen-bond acceptors (Lipinski definition) is 0. The van der Waals surface area contributed by atoms with Crippen molar-refractivity contribution in [3.8, 4) is 0 Å². The first-order valence-electron chi connectivity index (χ1n) is 7.49. The molecule has 0 saturated heterocycles. The second-order valence-electron chi connectivity index (χ2n) is 6.42. The SMILES string of the molecule is CCCC(CC(C)C)CC(CC)CC(C)C. The molecule has 0 N–H and O–H groups in total. The third-order valence-electron chi connectivity index (χ3n) is 3.55. The molecule has 0 heteroatoms. The van der Waals surface area contributed by atoms with E-state index >= 15 is 0 Å². The average Bonchev–Trinajstić information content (AvgIpc) is 2.15. The summed E-state index contributed by atoms with van der Waals surface area (Å²) in [7, 11) is 0. The largest absolute Gasteiger partial charge is 0.0654 e. The maximum atomic E-state index is 2.37. The highest BCUT2D eigenvalue weighted by molar-refractivity contribution is 4.68. The molecule has 2 atom stereocenters. The molecule has 0 amide bonds. The molecule has 16 heavy (non-hydrogen) atoms. The Morgan fingerprint density at radius 2 is 1.19 bits per heavy atom. The zero-order valence-corrected chi connectivity index (χ0v) is 12.6. The van der Waals surface area contributed by atoms with E-state index in [0.717, 1.165) is 23.7 Å². The molecule has 0 aliphatic carbocycles. The Bertz CT molecular complexity index is 146. The van der Waals surface area contributed by atoms with Crippen LogP contribution in [0.15, 0.2) is 0 Å². The Morgan fingerprint density at radius 3 is 1.56 bits per heavy atom. The van der Waals surface area contributed by atoms with Crippen molar-refractivity contribution in [2.75, 3.05) is 0 Å². The van der Waals surface area contributed by atoms with Crippen LogP contribution >= 0.6 is 0 Å². The van der Waals surface area contributed by atoms with Crippen LogP contribution in [0.4, 0.5) is 0 Å². The summed E-state index contributed by atoms with van der Waals surface area (Å²) in [4.78, 5) is 0. The summed E-state index contributed by atoms with van der Waals surface area (Å²) < 4.78 is 0. The van der Waals surface area contributed by atoms with Gasteiger partial charge in [0, 0.05) is 0 Å². The van der Waals surface area contributed by atoms with Crippen LogP contribution in [0.1, 0.15) is 80.1 Å². The van der Waals surface area contributed by atoms with E-state index in [1.807, 2.05) is 0 Å². The number of hydrogen-bond donors (Lipinski definition) is 0. The van der Waals surface area contributed by atoms with E-state index in [2.05, 4.69) is 41.5 Å². The summed E-state index contributed by atoms with van der Waals surface area (Å²) in [6.45, 7) is 14.2. The Balaban J connectivity index is 4.11. The van der Waals surface area contributed by atoms with E-state index in [0.29, 0.717) is 0 Å². The molecule has 2 unspecified atom stereocenters. The fourth-order valence-corrected chi connectivity index (χ4v) is 2.97. The van der Waals surface area contributed by atoms with Gasteiger partial charge < -0.3 is 0 Å². The molecule has 98 valence electrons. The van der Waals surface area contributed by atoms with Gasteiger partial charge in [-0.15, -0.1) is 0 Å². The first-order valence-corrected chi connectivity index (χ1v) is 7.49. The minimum absolute atomic E-state index is 0.867. The van der Waals surface area contributed by atoms with E-state index in [1.165, 1.54) is 38.5 Å². The first kappa shape index (κ1) is 16.0. The molecular formula is C16H34. The van der Waals surface area contributed by atoms with Crippen LogP contribution in [-0.4, -0.2) is 0 Å². The van der Waals surface area contributed by atoms with E-state index in [9.17, 15) is 0 Å². The molecular weight excluding hydrogens is 192 g/mol. The van der Waals surface area contributed by atoms with Gasteiger partial charge in [-0.25, -0.2) is 0 Å². The molecule has 0 rings (SSSR count). The molecule has 0 nitrogen and oxygen atoms in total. The van der Waals surface area contributed by atoms with Crippen LogP contribution in [0.5, 0.6) is 0 Å². The van der Waals surface area contributed by atoms with Crippen LogP contribution < -0.4 is 0 Å². The fraction of sp³-hybridized carbons (Fsp3) is 1.00. The third-order valence-corrected chi connectivity index (χ3v) is 3.55. The average molecular weight is 226 g/mol. The molecule has 0 fully saturated rings. The lowest BCUT2D eigenvalue weighted by Gasteiger charge is -2.25. The summed E-state index contributed by atoms with van der Waals surface area (Å²) in [6.07, 6.45) is 8.50. The van der Waals surface area contributed by atoms with E-state index in [4.69, 9.17) is 0 Å². The topological polar surface area (TPSA) is 0 Å². The van der Waals surface area contributed by atoms with Crippen LogP contribution in [0, 0.1) is 23.7 Å². The third kappa shape index (κ3) is 8.19. The van der Waals surface area contributed by atoms with E-state index < -0.39 is 0 Å². The lowest BCUT2D eigenvalue weighted by Crippen LogP contribution is -2.12. The van der Waals surface area contributed by atoms with Gasteiger partial charge in [0.15, 0.2) is 0 Å². The maximum absolute atomic E-state index is 2.37. The standard InChI is InChI=1S/C16H34/c1-7-9-16(11-14(5)6)12-15(8-2)10-13(3)4/h13-16H,7-12H2,1-6H3. The Morgan fingerprint density at radius 1 is 0.688 bits per heavy atom. The molecule has 0 aliphatic rings. The predicted octanol–water partition coefficient (Wildman–Crippen LogP) is 5.91. The molecule has 0 bridgehead atoms. The zero-order chi connectivity index (χ0) is 12.6. The maximum Gasteiger partial charge on any atom is -0.0409 e. The second-order valence-corrected chi connectivity index (χ2v) is 6.42. The summed E-state index contributed by atoms with van der Waals surface area (Å²) in [6, 6.07) is 0. The highest BCUT2D eigenvalue weighted by Gasteiger charge is 2.16. The quantitative estimate of drug-likeness (QED) is 0.458. The van der Waals surface area contributed by atoms with Crippen molar-refractivity contribution in [3.05, 3.63) is 0 Å². The predicted molar refractivity (Wildman–Crippen MR) is 75.7 cm³/mol. The highest BCUT2D eigenvalue weighted by Crippen LogP contribution is 2.29. The molecule has 0 spiro atoms. The van der Waals surface area contributed by atoms with Gasteiger partial charge in [-0.3, -0.25) is 0 Å². The summed E-state index contributed by atoms with van der Waals surface area (Å²) >= 11 is 0. The summed E-state index contributed by atoms with van der Waals surface area (Å²) in [5, 5.41) is 0. The van der Waals surface area contributed by atoms with Crippen LogP contribution in [0.3, 0.4) is 0 Å². The van der Waals surface area contributed by atoms with Crippen molar-refractivity contribution in [2.45, 2.75) is 80.1 Å². The van der Waals surface area contributed by atoms with Gasteiger partial charge in [-0.1, -0.05) is 60.8 Å². The number of rotatable bonds is 9. The smallest absolute Gasteiger partial charge is 0.0409 e. The Labute approximate surface area is 104 Å². The molecule has 0 aromatic heterocycles. The van der Waals surface area contributed by atoms with Crippen LogP contribution in [0.25, 0.3) is 0 Å². The van der Waals surface area contributed by atoms with Crippen molar-refractivity contribution in [1.82, 2.24) is 0 Å². The second kappa shape index (κ2) is 9.07. The van der Waals surface area contributed by atoms with Crippen molar-refractivity contribution in [3.63, 3.8) is 0 Å². The summed E-state index contributed by atoms with van der Waals surface area (Å²) in [5.74, 6) is 3.68. The molecule has 0 aromatic rings. The Kier molecular flexibility index (Phi) is 9.07. The zero-order valence-electron chi connectivity index (χ0n) is 12.6. The van der Waals surface area contributed by atoms with Gasteiger partial charge in [-0.2, -0.15) is 0 Å². The monoisotopic (exact) mass is 226 g/mol. The van der Waals surface area contributed by atoms with Gasteiger partial charge in [0.1, 0.15) is 0 Å². The fourth-order valence-electron chi connectivity index (χ4n) is 2.97. The highest BCUT2D eigenvalue weighted by atomic mass is 14.2. The summed E-state index contributed by atoms with van der Waals surface area (Å²) in [5.41, 5.74) is 0. The van der Waals surface area contributed by atoms with E-state index in [-0.39, 0.29) is 0 Å². The van der Waals surface area contributed by atoms with Gasteiger partial charge in [0.2, 0.25) is 0 Å². The minimum atomic E-state index is 0.867. The van der Waals surface area contributed by atoms with Gasteiger partial charge >= 0.3 is 0 Å². The Hall–Kier alpha value is 0. The van der Waals surface area contributed by atoms with Crippen LogP contribution in [0.2, 0.25) is 0 Å². The van der Waals surface area contributed by atoms with Gasteiger partial charge in [0.05, 0.1) is 0 Å². The van der Waals surface area contributed by atoms with Crippen molar-refractivity contribution in [2.24, 2.45) is 23.7 Å². The van der Waals surface area contributed by atoms with Crippen molar-refractivity contribution < 1.29 is 0 Å². The van der Waals surface area contributed by atoms with Crippen molar-refractivity contribution in [1.29, 1.82) is 0 Å².